The van der Waals surface area contributed by atoms with Gasteiger partial charge in [-0.1, -0.05) is 13.0 Å². The Morgan fingerprint density at radius 3 is 2.85 bits per heavy atom. The maximum Gasteiger partial charge on any atom is 0.250 e. The minimum absolute atomic E-state index is 0.0363. The van der Waals surface area contributed by atoms with Gasteiger partial charge in [-0.3, -0.25) is 4.79 Å². The fourth-order valence-corrected chi connectivity index (χ4v) is 1.15. The molecule has 3 nitrogen and oxygen atoms in total. The molecule has 1 heterocycles. The van der Waals surface area contributed by atoms with Crippen molar-refractivity contribution in [2.24, 2.45) is 0 Å². The largest absolute Gasteiger partial charge is 0.383 e. The van der Waals surface area contributed by atoms with Crippen molar-refractivity contribution in [2.45, 2.75) is 19.9 Å². The van der Waals surface area contributed by atoms with Gasteiger partial charge in [-0.05, 0) is 12.0 Å². The van der Waals surface area contributed by atoms with E-state index in [1.54, 1.807) is 17.7 Å². The predicted octanol–water partition coefficient (Wildman–Crippen LogP) is 1.06. The Morgan fingerprint density at radius 2 is 2.23 bits per heavy atom. The number of hydrogen-bond donors (Lipinski definition) is 0. The summed E-state index contributed by atoms with van der Waals surface area (Å²) < 4.78 is 6.60. The van der Waals surface area contributed by atoms with Gasteiger partial charge in [0, 0.05) is 25.9 Å². The number of rotatable bonds is 4. The van der Waals surface area contributed by atoms with Crippen LogP contribution in [0.2, 0.25) is 0 Å². The number of nitrogens with zero attached hydrogens (tertiary/aromatic N) is 1. The third kappa shape index (κ3) is 2.70. The summed E-state index contributed by atoms with van der Waals surface area (Å²) >= 11 is 0. The van der Waals surface area contributed by atoms with Gasteiger partial charge in [-0.25, -0.2) is 0 Å². The Morgan fingerprint density at radius 1 is 1.46 bits per heavy atom. The Balaban J connectivity index is 2.84. The number of aryl methyl sites for hydroxylation is 1. The third-order valence-electron chi connectivity index (χ3n) is 1.99. The van der Waals surface area contributed by atoms with Crippen LogP contribution in [0.3, 0.4) is 0 Å². The molecule has 0 bridgehead atoms. The Labute approximate surface area is 78.0 Å². The highest BCUT2D eigenvalue weighted by Gasteiger charge is 1.96. The smallest absolute Gasteiger partial charge is 0.250 e. The summed E-state index contributed by atoms with van der Waals surface area (Å²) in [6, 6.07) is 3.47. The lowest BCUT2D eigenvalue weighted by Gasteiger charge is -2.05. The Hall–Kier alpha value is -1.09. The van der Waals surface area contributed by atoms with E-state index < -0.39 is 0 Å². The molecular formula is C10H15NO2. The van der Waals surface area contributed by atoms with E-state index in [1.807, 2.05) is 12.3 Å². The van der Waals surface area contributed by atoms with Crippen LogP contribution in [0, 0.1) is 0 Å². The van der Waals surface area contributed by atoms with Crippen molar-refractivity contribution in [3.05, 3.63) is 34.2 Å². The van der Waals surface area contributed by atoms with Gasteiger partial charge in [0.05, 0.1) is 6.61 Å². The predicted molar refractivity (Wildman–Crippen MR) is 52.0 cm³/mol. The van der Waals surface area contributed by atoms with Crippen LogP contribution in [0.15, 0.2) is 23.1 Å². The minimum atomic E-state index is 0.0363. The molecule has 1 aromatic heterocycles. The summed E-state index contributed by atoms with van der Waals surface area (Å²) in [5.74, 6) is 0. The van der Waals surface area contributed by atoms with Crippen LogP contribution in [-0.4, -0.2) is 18.3 Å². The molecule has 0 amide bonds. The fourth-order valence-electron chi connectivity index (χ4n) is 1.15. The van der Waals surface area contributed by atoms with Gasteiger partial charge < -0.3 is 9.30 Å². The van der Waals surface area contributed by atoms with Crippen molar-refractivity contribution in [3.63, 3.8) is 0 Å². The molecular weight excluding hydrogens is 166 g/mol. The SMILES string of the molecule is CCc1ccc(=O)n(CCOC)c1. The van der Waals surface area contributed by atoms with Gasteiger partial charge in [0.1, 0.15) is 0 Å². The second kappa shape index (κ2) is 4.82. The summed E-state index contributed by atoms with van der Waals surface area (Å²) in [5, 5.41) is 0. The molecule has 0 radical (unpaired) electrons. The van der Waals surface area contributed by atoms with Gasteiger partial charge in [0.15, 0.2) is 0 Å². The van der Waals surface area contributed by atoms with Crippen LogP contribution in [0.5, 0.6) is 0 Å². The molecule has 0 aliphatic heterocycles. The lowest BCUT2D eigenvalue weighted by Crippen LogP contribution is -2.21. The number of methoxy groups -OCH3 is 1. The molecule has 0 N–H and O–H groups in total. The van der Waals surface area contributed by atoms with Gasteiger partial charge in [-0.2, -0.15) is 0 Å². The van der Waals surface area contributed by atoms with E-state index in [9.17, 15) is 4.79 Å². The zero-order valence-corrected chi connectivity index (χ0v) is 8.12. The van der Waals surface area contributed by atoms with E-state index in [1.165, 1.54) is 5.56 Å². The molecule has 0 spiro atoms. The molecule has 0 saturated heterocycles. The molecule has 0 fully saturated rings. The number of ether oxygens (including phenoxy) is 1. The number of hydrogen-bond acceptors (Lipinski definition) is 2. The van der Waals surface area contributed by atoms with E-state index in [4.69, 9.17) is 4.74 Å². The molecule has 0 aliphatic carbocycles. The molecule has 0 aliphatic rings. The van der Waals surface area contributed by atoms with E-state index in [0.29, 0.717) is 13.2 Å². The third-order valence-corrected chi connectivity index (χ3v) is 1.99. The van der Waals surface area contributed by atoms with Crippen LogP contribution in [0.4, 0.5) is 0 Å². The summed E-state index contributed by atoms with van der Waals surface area (Å²) in [7, 11) is 1.63. The first-order valence-corrected chi connectivity index (χ1v) is 4.46. The van der Waals surface area contributed by atoms with Crippen molar-refractivity contribution in [2.75, 3.05) is 13.7 Å². The maximum absolute atomic E-state index is 11.3. The molecule has 72 valence electrons. The molecule has 3 heteroatoms. The molecule has 0 aromatic carbocycles. The van der Waals surface area contributed by atoms with Crippen molar-refractivity contribution in [3.8, 4) is 0 Å². The first-order chi connectivity index (χ1) is 6.27. The normalized spacial score (nSPS) is 10.3. The van der Waals surface area contributed by atoms with Crippen LogP contribution in [-0.2, 0) is 17.7 Å². The molecule has 1 aromatic rings. The van der Waals surface area contributed by atoms with Crippen LogP contribution >= 0.6 is 0 Å². The van der Waals surface area contributed by atoms with Gasteiger partial charge >= 0.3 is 0 Å². The molecule has 13 heavy (non-hydrogen) atoms. The molecule has 0 atom stereocenters. The summed E-state index contributed by atoms with van der Waals surface area (Å²) in [6.07, 6.45) is 2.84. The second-order valence-corrected chi connectivity index (χ2v) is 2.92. The Bertz CT molecular complexity index is 317. The summed E-state index contributed by atoms with van der Waals surface area (Å²) in [6.45, 7) is 3.27. The average molecular weight is 181 g/mol. The van der Waals surface area contributed by atoms with E-state index in [0.717, 1.165) is 6.42 Å². The number of aromatic nitrogens is 1. The Kier molecular flexibility index (Phi) is 3.71. The van der Waals surface area contributed by atoms with E-state index in [2.05, 4.69) is 6.92 Å². The zero-order chi connectivity index (χ0) is 9.68. The summed E-state index contributed by atoms with van der Waals surface area (Å²) in [4.78, 5) is 11.3. The first kappa shape index (κ1) is 9.99. The van der Waals surface area contributed by atoms with Gasteiger partial charge in [-0.15, -0.1) is 0 Å². The topological polar surface area (TPSA) is 31.2 Å². The van der Waals surface area contributed by atoms with Crippen molar-refractivity contribution in [1.29, 1.82) is 0 Å². The fraction of sp³-hybridized carbons (Fsp3) is 0.500. The monoisotopic (exact) mass is 181 g/mol. The van der Waals surface area contributed by atoms with Gasteiger partial charge in [0.25, 0.3) is 5.56 Å². The van der Waals surface area contributed by atoms with Gasteiger partial charge in [0.2, 0.25) is 0 Å². The van der Waals surface area contributed by atoms with Crippen molar-refractivity contribution in [1.82, 2.24) is 4.57 Å². The lowest BCUT2D eigenvalue weighted by atomic mass is 10.2. The van der Waals surface area contributed by atoms with E-state index >= 15 is 0 Å². The second-order valence-electron chi connectivity index (χ2n) is 2.92. The van der Waals surface area contributed by atoms with Crippen LogP contribution < -0.4 is 5.56 Å². The zero-order valence-electron chi connectivity index (χ0n) is 8.12. The quantitative estimate of drug-likeness (QED) is 0.695. The maximum atomic E-state index is 11.3. The molecule has 0 unspecified atom stereocenters. The average Bonchev–Trinajstić information content (AvgIpc) is 2.17. The van der Waals surface area contributed by atoms with Crippen LogP contribution in [0.1, 0.15) is 12.5 Å². The van der Waals surface area contributed by atoms with E-state index in [-0.39, 0.29) is 5.56 Å². The lowest BCUT2D eigenvalue weighted by molar-refractivity contribution is 0.186. The highest BCUT2D eigenvalue weighted by Crippen LogP contribution is 1.96. The van der Waals surface area contributed by atoms with Crippen LogP contribution in [0.25, 0.3) is 0 Å². The summed E-state index contributed by atoms with van der Waals surface area (Å²) in [5.41, 5.74) is 1.21. The van der Waals surface area contributed by atoms with Crippen molar-refractivity contribution < 1.29 is 4.74 Å². The molecule has 1 rings (SSSR count). The highest BCUT2D eigenvalue weighted by molar-refractivity contribution is 5.09. The highest BCUT2D eigenvalue weighted by atomic mass is 16.5. The standard InChI is InChI=1S/C10H15NO2/c1-3-9-4-5-10(12)11(8-9)6-7-13-2/h4-5,8H,3,6-7H2,1-2H3. The molecule has 0 saturated carbocycles. The first-order valence-electron chi connectivity index (χ1n) is 4.46. The minimum Gasteiger partial charge on any atom is -0.383 e. The van der Waals surface area contributed by atoms with Crippen molar-refractivity contribution >= 4 is 0 Å². The number of pyridine rings is 1.